The number of aromatic nitrogens is 3. The average molecular weight is 442 g/mol. The summed E-state index contributed by atoms with van der Waals surface area (Å²) in [6, 6.07) is 15.5. The number of fused-ring (bicyclic) bond motifs is 1. The van der Waals surface area contributed by atoms with Gasteiger partial charge < -0.3 is 10.6 Å². The minimum absolute atomic E-state index is 0.0511. The van der Waals surface area contributed by atoms with E-state index in [0.29, 0.717) is 11.6 Å². The zero-order valence-electron chi connectivity index (χ0n) is 17.8. The van der Waals surface area contributed by atoms with Crippen molar-refractivity contribution in [1.82, 2.24) is 15.0 Å². The van der Waals surface area contributed by atoms with E-state index in [1.54, 1.807) is 17.5 Å². The van der Waals surface area contributed by atoms with Crippen molar-refractivity contribution in [3.63, 3.8) is 0 Å². The minimum atomic E-state index is -0.0511. The van der Waals surface area contributed by atoms with Crippen LogP contribution in [0, 0.1) is 6.92 Å². The first-order chi connectivity index (χ1) is 15.7. The Morgan fingerprint density at radius 2 is 1.88 bits per heavy atom. The van der Waals surface area contributed by atoms with E-state index in [1.165, 1.54) is 29.6 Å². The van der Waals surface area contributed by atoms with E-state index in [1.807, 2.05) is 49.4 Å². The summed E-state index contributed by atoms with van der Waals surface area (Å²) in [6.07, 6.45) is 7.85. The molecule has 160 valence electrons. The maximum atomic E-state index is 12.9. The fourth-order valence-corrected chi connectivity index (χ4v) is 5.12. The van der Waals surface area contributed by atoms with E-state index in [4.69, 9.17) is 0 Å². The van der Waals surface area contributed by atoms with Gasteiger partial charge in [0, 0.05) is 28.4 Å². The normalized spacial score (nSPS) is 12.8. The van der Waals surface area contributed by atoms with Crippen LogP contribution in [0.3, 0.4) is 0 Å². The van der Waals surface area contributed by atoms with Crippen LogP contribution in [0.2, 0.25) is 0 Å². The van der Waals surface area contributed by atoms with Crippen molar-refractivity contribution < 1.29 is 4.79 Å². The molecule has 2 N–H and O–H groups in total. The lowest BCUT2D eigenvalue weighted by atomic mass is 9.99. The molecule has 0 saturated carbocycles. The Balaban J connectivity index is 1.38. The van der Waals surface area contributed by atoms with Gasteiger partial charge in [-0.05, 0) is 68.0 Å². The van der Waals surface area contributed by atoms with Crippen molar-refractivity contribution in [2.45, 2.75) is 32.6 Å². The number of carbonyl (C=O) groups is 1. The fourth-order valence-electron chi connectivity index (χ4n) is 3.98. The highest BCUT2D eigenvalue weighted by atomic mass is 32.1. The third kappa shape index (κ3) is 4.24. The van der Waals surface area contributed by atoms with Gasteiger partial charge in [-0.1, -0.05) is 18.2 Å². The molecular weight excluding hydrogens is 418 g/mol. The van der Waals surface area contributed by atoms with Gasteiger partial charge in [0.05, 0.1) is 10.6 Å². The number of amides is 1. The van der Waals surface area contributed by atoms with Crippen LogP contribution < -0.4 is 10.6 Å². The summed E-state index contributed by atoms with van der Waals surface area (Å²) in [6.45, 7) is 2.00. The van der Waals surface area contributed by atoms with E-state index in [9.17, 15) is 4.79 Å². The number of rotatable bonds is 5. The third-order valence-electron chi connectivity index (χ3n) is 5.67. The molecule has 4 aromatic rings. The van der Waals surface area contributed by atoms with Crippen LogP contribution in [0.4, 0.5) is 17.3 Å². The first-order valence-corrected chi connectivity index (χ1v) is 11.5. The van der Waals surface area contributed by atoms with Gasteiger partial charge >= 0.3 is 0 Å². The van der Waals surface area contributed by atoms with Crippen LogP contribution in [0.5, 0.6) is 0 Å². The van der Waals surface area contributed by atoms with Crippen molar-refractivity contribution in [3.8, 4) is 11.3 Å². The van der Waals surface area contributed by atoms with Crippen molar-refractivity contribution >= 4 is 34.6 Å². The first kappa shape index (κ1) is 20.3. The van der Waals surface area contributed by atoms with E-state index < -0.39 is 0 Å². The fraction of sp³-hybridized carbons (Fsp3) is 0.200. The summed E-state index contributed by atoms with van der Waals surface area (Å²) in [5, 5.41) is 6.30. The van der Waals surface area contributed by atoms with Crippen LogP contribution in [0.1, 0.15) is 38.5 Å². The van der Waals surface area contributed by atoms with Crippen molar-refractivity contribution in [3.05, 3.63) is 81.9 Å². The molecule has 0 unspecified atom stereocenters. The predicted octanol–water partition coefficient (Wildman–Crippen LogP) is 5.78. The Bertz CT molecular complexity index is 1250. The number of carbonyl (C=O) groups excluding carboxylic acids is 1. The maximum Gasteiger partial charge on any atom is 0.265 e. The molecule has 0 bridgehead atoms. The quantitative estimate of drug-likeness (QED) is 0.410. The van der Waals surface area contributed by atoms with Crippen molar-refractivity contribution in [1.29, 1.82) is 0 Å². The number of pyridine rings is 1. The van der Waals surface area contributed by atoms with Gasteiger partial charge in [0.15, 0.2) is 0 Å². The lowest BCUT2D eigenvalue weighted by molar-refractivity contribution is 0.103. The zero-order chi connectivity index (χ0) is 21.9. The number of hydrogen-bond donors (Lipinski definition) is 2. The van der Waals surface area contributed by atoms with E-state index in [-0.39, 0.29) is 5.91 Å². The largest absolute Gasteiger partial charge is 0.325 e. The topological polar surface area (TPSA) is 79.8 Å². The minimum Gasteiger partial charge on any atom is -0.325 e. The molecule has 6 nitrogen and oxygen atoms in total. The summed E-state index contributed by atoms with van der Waals surface area (Å²) in [7, 11) is 0. The molecule has 0 spiro atoms. The van der Waals surface area contributed by atoms with Gasteiger partial charge in [0.2, 0.25) is 0 Å². The highest BCUT2D eigenvalue weighted by Crippen LogP contribution is 2.32. The molecule has 0 radical (unpaired) electrons. The molecule has 0 atom stereocenters. The van der Waals surface area contributed by atoms with E-state index in [0.717, 1.165) is 40.2 Å². The summed E-state index contributed by atoms with van der Waals surface area (Å²) >= 11 is 1.63. The van der Waals surface area contributed by atoms with E-state index >= 15 is 0 Å². The lowest BCUT2D eigenvalue weighted by Gasteiger charge is -2.12. The monoisotopic (exact) mass is 441 g/mol. The SMILES string of the molecule is Cc1c(NC(=O)c2cc3c(s2)CCCC3)cccc1-c1cc(Nc2ccccn2)ncn1. The van der Waals surface area contributed by atoms with Gasteiger partial charge in [0.1, 0.15) is 18.0 Å². The molecule has 0 aliphatic heterocycles. The van der Waals surface area contributed by atoms with Gasteiger partial charge in [-0.15, -0.1) is 11.3 Å². The Morgan fingerprint density at radius 1 is 0.969 bits per heavy atom. The number of aryl methyl sites for hydroxylation is 2. The Morgan fingerprint density at radius 3 is 2.72 bits per heavy atom. The Kier molecular flexibility index (Phi) is 5.64. The van der Waals surface area contributed by atoms with E-state index in [2.05, 4.69) is 31.7 Å². The molecule has 1 aliphatic carbocycles. The third-order valence-corrected chi connectivity index (χ3v) is 6.90. The number of benzene rings is 1. The smallest absolute Gasteiger partial charge is 0.265 e. The standard InChI is InChI=1S/C25H23N5OS/c1-16-18(20-14-24(28-15-27-20)30-23-11-4-5-12-26-23)8-6-9-19(16)29-25(31)22-13-17-7-2-3-10-21(17)32-22/h4-6,8-9,11-15H,2-3,7,10H2,1H3,(H,29,31)(H,26,27,28,30). The second-order valence-corrected chi connectivity index (χ2v) is 8.96. The molecule has 1 aromatic carbocycles. The van der Waals surface area contributed by atoms with Crippen LogP contribution in [-0.4, -0.2) is 20.9 Å². The number of hydrogen-bond acceptors (Lipinski definition) is 6. The molecular formula is C25H23N5OS. The summed E-state index contributed by atoms with van der Waals surface area (Å²) in [5.74, 6) is 1.32. The second-order valence-electron chi connectivity index (χ2n) is 7.83. The van der Waals surface area contributed by atoms with Gasteiger partial charge in [-0.25, -0.2) is 15.0 Å². The van der Waals surface area contributed by atoms with Crippen LogP contribution in [0.15, 0.2) is 61.1 Å². The Hall–Kier alpha value is -3.58. The highest BCUT2D eigenvalue weighted by molar-refractivity contribution is 7.14. The van der Waals surface area contributed by atoms with Crippen molar-refractivity contribution in [2.24, 2.45) is 0 Å². The van der Waals surface area contributed by atoms with Crippen LogP contribution in [-0.2, 0) is 12.8 Å². The van der Waals surface area contributed by atoms with Gasteiger partial charge in [-0.3, -0.25) is 4.79 Å². The second kappa shape index (κ2) is 8.88. The number of anilines is 3. The summed E-state index contributed by atoms with van der Waals surface area (Å²) < 4.78 is 0. The highest BCUT2D eigenvalue weighted by Gasteiger charge is 2.18. The molecule has 32 heavy (non-hydrogen) atoms. The van der Waals surface area contributed by atoms with Crippen LogP contribution in [0.25, 0.3) is 11.3 Å². The van der Waals surface area contributed by atoms with Gasteiger partial charge in [0.25, 0.3) is 5.91 Å². The zero-order valence-corrected chi connectivity index (χ0v) is 18.6. The molecule has 3 aromatic heterocycles. The molecule has 0 saturated heterocycles. The molecule has 1 aliphatic rings. The molecule has 7 heteroatoms. The number of nitrogens with one attached hydrogen (secondary N) is 2. The average Bonchev–Trinajstić information content (AvgIpc) is 3.26. The van der Waals surface area contributed by atoms with Crippen molar-refractivity contribution in [2.75, 3.05) is 10.6 Å². The molecule has 3 heterocycles. The molecule has 0 fully saturated rings. The predicted molar refractivity (Wildman–Crippen MR) is 129 cm³/mol. The molecule has 1 amide bonds. The van der Waals surface area contributed by atoms with Crippen LogP contribution >= 0.6 is 11.3 Å². The first-order valence-electron chi connectivity index (χ1n) is 10.7. The number of nitrogens with zero attached hydrogens (tertiary/aromatic N) is 3. The summed E-state index contributed by atoms with van der Waals surface area (Å²) in [4.78, 5) is 28.1. The van der Waals surface area contributed by atoms with Gasteiger partial charge in [-0.2, -0.15) is 0 Å². The number of thiophene rings is 1. The Labute approximate surface area is 190 Å². The summed E-state index contributed by atoms with van der Waals surface area (Å²) in [5.41, 5.74) is 4.81. The maximum absolute atomic E-state index is 12.9. The lowest BCUT2D eigenvalue weighted by Crippen LogP contribution is -2.11. The molecule has 5 rings (SSSR count).